The Morgan fingerprint density at radius 1 is 1.39 bits per heavy atom. The number of aryl methyl sites for hydroxylation is 1. The third kappa shape index (κ3) is 1.55. The van der Waals surface area contributed by atoms with E-state index < -0.39 is 5.97 Å². The predicted molar refractivity (Wildman–Crippen MR) is 63.2 cm³/mol. The maximum Gasteiger partial charge on any atom is 0.374 e. The molecule has 1 aromatic carbocycles. The number of carboxylic acids is 1. The van der Waals surface area contributed by atoms with Crippen molar-refractivity contribution in [3.63, 3.8) is 0 Å². The largest absolute Gasteiger partial charge is 0.475 e. The number of carboxylic acid groups (broad SMARTS) is 1. The van der Waals surface area contributed by atoms with Crippen LogP contribution in [0.1, 0.15) is 10.6 Å². The number of hydrogen-bond donors (Lipinski definition) is 1. The molecule has 3 aromatic rings. The van der Waals surface area contributed by atoms with E-state index in [1.165, 1.54) is 6.07 Å². The lowest BCUT2D eigenvalue weighted by Crippen LogP contribution is -1.91. The summed E-state index contributed by atoms with van der Waals surface area (Å²) in [6.07, 6.45) is 1.77. The maximum absolute atomic E-state index is 10.7. The zero-order valence-electron chi connectivity index (χ0n) is 9.49. The van der Waals surface area contributed by atoms with Gasteiger partial charge in [0.05, 0.1) is 11.7 Å². The van der Waals surface area contributed by atoms with Crippen LogP contribution in [-0.4, -0.2) is 26.0 Å². The molecule has 90 valence electrons. The molecule has 0 spiro atoms. The van der Waals surface area contributed by atoms with Gasteiger partial charge in [-0.05, 0) is 6.07 Å². The van der Waals surface area contributed by atoms with Gasteiger partial charge >= 0.3 is 5.97 Å². The van der Waals surface area contributed by atoms with Gasteiger partial charge < -0.3 is 9.63 Å². The molecule has 6 nitrogen and oxygen atoms in total. The fourth-order valence-corrected chi connectivity index (χ4v) is 1.82. The SMILES string of the molecule is Cn1ncc2ccc(-c3cc(C(=O)O)on3)cc21. The smallest absolute Gasteiger partial charge is 0.374 e. The predicted octanol–water partition coefficient (Wildman–Crippen LogP) is 1.93. The summed E-state index contributed by atoms with van der Waals surface area (Å²) in [5, 5.41) is 17.7. The van der Waals surface area contributed by atoms with Crippen LogP contribution < -0.4 is 0 Å². The van der Waals surface area contributed by atoms with Crippen molar-refractivity contribution in [2.24, 2.45) is 7.05 Å². The van der Waals surface area contributed by atoms with Crippen molar-refractivity contribution >= 4 is 16.9 Å². The van der Waals surface area contributed by atoms with E-state index in [0.29, 0.717) is 5.69 Å². The van der Waals surface area contributed by atoms with Crippen molar-refractivity contribution in [2.75, 3.05) is 0 Å². The van der Waals surface area contributed by atoms with Crippen molar-refractivity contribution in [3.05, 3.63) is 36.2 Å². The van der Waals surface area contributed by atoms with E-state index in [9.17, 15) is 4.79 Å². The van der Waals surface area contributed by atoms with Crippen molar-refractivity contribution < 1.29 is 14.4 Å². The molecular weight excluding hydrogens is 234 g/mol. The molecule has 0 aliphatic heterocycles. The third-order valence-electron chi connectivity index (χ3n) is 2.77. The van der Waals surface area contributed by atoms with Crippen LogP contribution in [0.2, 0.25) is 0 Å². The Hall–Kier alpha value is -2.63. The van der Waals surface area contributed by atoms with Gasteiger partial charge in [0.1, 0.15) is 5.69 Å². The van der Waals surface area contributed by atoms with E-state index in [4.69, 9.17) is 9.63 Å². The quantitative estimate of drug-likeness (QED) is 0.743. The molecular formula is C12H9N3O3. The molecule has 0 saturated heterocycles. The fourth-order valence-electron chi connectivity index (χ4n) is 1.82. The van der Waals surface area contributed by atoms with Crippen LogP contribution in [0, 0.1) is 0 Å². The number of aromatic nitrogens is 3. The van der Waals surface area contributed by atoms with Crippen LogP contribution in [0.15, 0.2) is 35.0 Å². The highest BCUT2D eigenvalue weighted by atomic mass is 16.5. The van der Waals surface area contributed by atoms with Gasteiger partial charge in [0.15, 0.2) is 0 Å². The van der Waals surface area contributed by atoms with Crippen LogP contribution in [0.4, 0.5) is 0 Å². The summed E-state index contributed by atoms with van der Waals surface area (Å²) >= 11 is 0. The number of nitrogens with zero attached hydrogens (tertiary/aromatic N) is 3. The van der Waals surface area contributed by atoms with Gasteiger partial charge in [-0.3, -0.25) is 4.68 Å². The van der Waals surface area contributed by atoms with Gasteiger partial charge in [-0.2, -0.15) is 5.10 Å². The number of aromatic carboxylic acids is 1. The summed E-state index contributed by atoms with van der Waals surface area (Å²) in [4.78, 5) is 10.7. The van der Waals surface area contributed by atoms with E-state index in [2.05, 4.69) is 10.3 Å². The second-order valence-electron chi connectivity index (χ2n) is 3.92. The standard InChI is InChI=1S/C12H9N3O3/c1-15-10-4-7(2-3-8(10)6-13-15)9-5-11(12(16)17)18-14-9/h2-6H,1H3,(H,16,17). The number of rotatable bonds is 2. The zero-order valence-corrected chi connectivity index (χ0v) is 9.49. The number of benzene rings is 1. The molecule has 0 radical (unpaired) electrons. The molecule has 0 unspecified atom stereocenters. The average Bonchev–Trinajstić information content (AvgIpc) is 2.96. The second kappa shape index (κ2) is 3.69. The van der Waals surface area contributed by atoms with Crippen LogP contribution in [-0.2, 0) is 7.05 Å². The minimum Gasteiger partial charge on any atom is -0.475 e. The molecule has 18 heavy (non-hydrogen) atoms. The summed E-state index contributed by atoms with van der Waals surface area (Å²) in [6, 6.07) is 7.06. The first-order valence-electron chi connectivity index (χ1n) is 5.27. The Bertz CT molecular complexity index is 742. The van der Waals surface area contributed by atoms with Gasteiger partial charge in [0, 0.05) is 24.1 Å². The summed E-state index contributed by atoms with van der Waals surface area (Å²) < 4.78 is 6.48. The highest BCUT2D eigenvalue weighted by Crippen LogP contribution is 2.23. The molecule has 0 fully saturated rings. The van der Waals surface area contributed by atoms with Crippen LogP contribution in [0.5, 0.6) is 0 Å². The Morgan fingerprint density at radius 2 is 2.22 bits per heavy atom. The van der Waals surface area contributed by atoms with E-state index in [0.717, 1.165) is 16.5 Å². The molecule has 2 aromatic heterocycles. The van der Waals surface area contributed by atoms with E-state index in [-0.39, 0.29) is 5.76 Å². The first kappa shape index (κ1) is 10.5. The molecule has 3 rings (SSSR count). The Kier molecular flexibility index (Phi) is 2.16. The number of hydrogen-bond acceptors (Lipinski definition) is 4. The first-order chi connectivity index (χ1) is 8.65. The van der Waals surface area contributed by atoms with Gasteiger partial charge in [0.25, 0.3) is 0 Å². The normalized spacial score (nSPS) is 10.9. The molecule has 2 heterocycles. The van der Waals surface area contributed by atoms with E-state index >= 15 is 0 Å². The van der Waals surface area contributed by atoms with Crippen LogP contribution in [0.3, 0.4) is 0 Å². The minimum atomic E-state index is -1.13. The van der Waals surface area contributed by atoms with Crippen molar-refractivity contribution in [3.8, 4) is 11.3 Å². The third-order valence-corrected chi connectivity index (χ3v) is 2.77. The molecule has 6 heteroatoms. The maximum atomic E-state index is 10.7. The molecule has 0 saturated carbocycles. The summed E-state index contributed by atoms with van der Waals surface area (Å²) in [6.45, 7) is 0. The lowest BCUT2D eigenvalue weighted by molar-refractivity contribution is 0.0652. The van der Waals surface area contributed by atoms with Crippen LogP contribution in [0.25, 0.3) is 22.2 Å². The van der Waals surface area contributed by atoms with Crippen molar-refractivity contribution in [1.29, 1.82) is 0 Å². The lowest BCUT2D eigenvalue weighted by atomic mass is 10.1. The van der Waals surface area contributed by atoms with E-state index in [1.54, 1.807) is 10.9 Å². The Balaban J connectivity index is 2.12. The molecule has 0 aliphatic carbocycles. The second-order valence-corrected chi connectivity index (χ2v) is 3.92. The Labute approximate surface area is 101 Å². The van der Waals surface area contributed by atoms with Gasteiger partial charge in [-0.15, -0.1) is 0 Å². The van der Waals surface area contributed by atoms with Gasteiger partial charge in [0.2, 0.25) is 5.76 Å². The average molecular weight is 243 g/mol. The minimum absolute atomic E-state index is 0.171. The topological polar surface area (TPSA) is 81.2 Å². The number of fused-ring (bicyclic) bond motifs is 1. The molecule has 0 aliphatic rings. The highest BCUT2D eigenvalue weighted by Gasteiger charge is 2.13. The summed E-state index contributed by atoms with van der Waals surface area (Å²) in [7, 11) is 1.84. The van der Waals surface area contributed by atoms with Crippen molar-refractivity contribution in [2.45, 2.75) is 0 Å². The highest BCUT2D eigenvalue weighted by molar-refractivity contribution is 5.87. The Morgan fingerprint density at radius 3 is 2.94 bits per heavy atom. The van der Waals surface area contributed by atoms with Crippen LogP contribution >= 0.6 is 0 Å². The molecule has 0 amide bonds. The fraction of sp³-hybridized carbons (Fsp3) is 0.0833. The summed E-state index contributed by atoms with van der Waals surface area (Å²) in [5.41, 5.74) is 2.24. The summed E-state index contributed by atoms with van der Waals surface area (Å²) in [5.74, 6) is -1.30. The molecule has 0 bridgehead atoms. The van der Waals surface area contributed by atoms with Crippen molar-refractivity contribution in [1.82, 2.24) is 14.9 Å². The molecule has 0 atom stereocenters. The first-order valence-corrected chi connectivity index (χ1v) is 5.27. The van der Waals surface area contributed by atoms with E-state index in [1.807, 2.05) is 25.2 Å². The lowest BCUT2D eigenvalue weighted by Gasteiger charge is -1.97. The van der Waals surface area contributed by atoms with Gasteiger partial charge in [-0.1, -0.05) is 17.3 Å². The monoisotopic (exact) mass is 243 g/mol. The van der Waals surface area contributed by atoms with Gasteiger partial charge in [-0.25, -0.2) is 4.79 Å². The molecule has 1 N–H and O–H groups in total. The zero-order chi connectivity index (χ0) is 12.7. The number of carbonyl (C=O) groups is 1.